The number of nitrogens with zero attached hydrogens (tertiary/aromatic N) is 1. The zero-order valence-corrected chi connectivity index (χ0v) is 11.0. The third-order valence-corrected chi connectivity index (χ3v) is 3.73. The average molecular weight is 241 g/mol. The van der Waals surface area contributed by atoms with Crippen molar-refractivity contribution >= 4 is 5.84 Å². The molecule has 0 aromatic carbocycles. The van der Waals surface area contributed by atoms with E-state index in [-0.39, 0.29) is 0 Å². The van der Waals surface area contributed by atoms with Crippen molar-refractivity contribution < 1.29 is 5.21 Å². The van der Waals surface area contributed by atoms with Crippen LogP contribution in [0.5, 0.6) is 0 Å². The lowest BCUT2D eigenvalue weighted by molar-refractivity contribution is 0.281. The lowest BCUT2D eigenvalue weighted by atomic mass is 9.83. The van der Waals surface area contributed by atoms with Gasteiger partial charge in [0, 0.05) is 6.42 Å². The molecule has 0 heterocycles. The summed E-state index contributed by atoms with van der Waals surface area (Å²) in [5.74, 6) is 2.16. The van der Waals surface area contributed by atoms with E-state index in [1.807, 2.05) is 0 Å². The topological polar surface area (TPSA) is 70.6 Å². The van der Waals surface area contributed by atoms with E-state index >= 15 is 0 Å². The molecule has 4 heteroatoms. The van der Waals surface area contributed by atoms with E-state index in [0.29, 0.717) is 12.3 Å². The van der Waals surface area contributed by atoms with Crippen molar-refractivity contribution in [3.05, 3.63) is 0 Å². The number of oxime groups is 1. The quantitative estimate of drug-likeness (QED) is 0.211. The van der Waals surface area contributed by atoms with E-state index in [1.165, 1.54) is 25.7 Å². The standard InChI is InChI=1S/C13H27N3O/c1-11-5-7-12(8-6-11)10-15-9-3-2-4-13(14)16-17/h11-12,15,17H,2-10H2,1H3,(H2,14,16). The molecular formula is C13H27N3O. The summed E-state index contributed by atoms with van der Waals surface area (Å²) in [7, 11) is 0. The van der Waals surface area contributed by atoms with E-state index in [1.54, 1.807) is 0 Å². The first-order valence-corrected chi connectivity index (χ1v) is 6.89. The summed E-state index contributed by atoms with van der Waals surface area (Å²) in [6, 6.07) is 0. The first-order valence-electron chi connectivity index (χ1n) is 6.89. The summed E-state index contributed by atoms with van der Waals surface area (Å²) < 4.78 is 0. The Bertz CT molecular complexity index is 223. The largest absolute Gasteiger partial charge is 0.409 e. The highest BCUT2D eigenvalue weighted by Gasteiger charge is 2.17. The zero-order valence-electron chi connectivity index (χ0n) is 11.0. The van der Waals surface area contributed by atoms with E-state index in [4.69, 9.17) is 10.9 Å². The Morgan fingerprint density at radius 3 is 2.65 bits per heavy atom. The monoisotopic (exact) mass is 241 g/mol. The van der Waals surface area contributed by atoms with Gasteiger partial charge in [0.1, 0.15) is 5.84 Å². The van der Waals surface area contributed by atoms with Crippen LogP contribution >= 0.6 is 0 Å². The van der Waals surface area contributed by atoms with Gasteiger partial charge in [-0.2, -0.15) is 0 Å². The Morgan fingerprint density at radius 1 is 1.29 bits per heavy atom. The Balaban J connectivity index is 1.90. The fourth-order valence-corrected chi connectivity index (χ4v) is 2.45. The molecule has 17 heavy (non-hydrogen) atoms. The van der Waals surface area contributed by atoms with Crippen molar-refractivity contribution in [3.63, 3.8) is 0 Å². The second-order valence-corrected chi connectivity index (χ2v) is 5.38. The van der Waals surface area contributed by atoms with Gasteiger partial charge >= 0.3 is 0 Å². The molecule has 0 saturated heterocycles. The maximum atomic E-state index is 8.38. The maximum Gasteiger partial charge on any atom is 0.139 e. The van der Waals surface area contributed by atoms with E-state index in [0.717, 1.165) is 37.8 Å². The first-order chi connectivity index (χ1) is 8.22. The third-order valence-electron chi connectivity index (χ3n) is 3.73. The van der Waals surface area contributed by atoms with Crippen LogP contribution < -0.4 is 11.1 Å². The lowest BCUT2D eigenvalue weighted by Crippen LogP contribution is -2.26. The van der Waals surface area contributed by atoms with Crippen LogP contribution in [0.4, 0.5) is 0 Å². The summed E-state index contributed by atoms with van der Waals surface area (Å²) in [4.78, 5) is 0. The van der Waals surface area contributed by atoms with Gasteiger partial charge in [-0.3, -0.25) is 0 Å². The van der Waals surface area contributed by atoms with Crippen LogP contribution in [-0.2, 0) is 0 Å². The molecule has 0 radical (unpaired) electrons. The Hall–Kier alpha value is -0.770. The number of rotatable bonds is 7. The fraction of sp³-hybridized carbons (Fsp3) is 0.923. The molecule has 0 unspecified atom stereocenters. The number of hydrogen-bond donors (Lipinski definition) is 3. The predicted octanol–water partition coefficient (Wildman–Crippen LogP) is 2.32. The van der Waals surface area contributed by atoms with Crippen LogP contribution in [0.15, 0.2) is 5.16 Å². The minimum atomic E-state index is 0.339. The summed E-state index contributed by atoms with van der Waals surface area (Å²) in [5, 5.41) is 14.9. The normalized spacial score (nSPS) is 26.1. The SMILES string of the molecule is CC1CCC(CNCCCCC(N)=NO)CC1. The molecule has 0 aromatic heterocycles. The van der Waals surface area contributed by atoms with Gasteiger partial charge in [0.25, 0.3) is 0 Å². The molecule has 0 aliphatic heterocycles. The zero-order chi connectivity index (χ0) is 12.5. The smallest absolute Gasteiger partial charge is 0.139 e. The van der Waals surface area contributed by atoms with Crippen LogP contribution in [0.25, 0.3) is 0 Å². The molecule has 1 rings (SSSR count). The molecule has 1 aliphatic carbocycles. The van der Waals surface area contributed by atoms with Crippen LogP contribution in [0.2, 0.25) is 0 Å². The second kappa shape index (κ2) is 8.34. The molecule has 0 aromatic rings. The number of unbranched alkanes of at least 4 members (excludes halogenated alkanes) is 1. The van der Waals surface area contributed by atoms with Crippen molar-refractivity contribution in [2.24, 2.45) is 22.7 Å². The maximum absolute atomic E-state index is 8.38. The molecular weight excluding hydrogens is 214 g/mol. The first kappa shape index (κ1) is 14.3. The van der Waals surface area contributed by atoms with Gasteiger partial charge in [0.05, 0.1) is 0 Å². The van der Waals surface area contributed by atoms with E-state index in [2.05, 4.69) is 17.4 Å². The molecule has 0 spiro atoms. The lowest BCUT2D eigenvalue weighted by Gasteiger charge is -2.26. The minimum absolute atomic E-state index is 0.339. The summed E-state index contributed by atoms with van der Waals surface area (Å²) >= 11 is 0. The van der Waals surface area contributed by atoms with E-state index < -0.39 is 0 Å². The summed E-state index contributed by atoms with van der Waals surface area (Å²) in [5.41, 5.74) is 5.40. The van der Waals surface area contributed by atoms with Crippen molar-refractivity contribution in [3.8, 4) is 0 Å². The molecule has 100 valence electrons. The predicted molar refractivity (Wildman–Crippen MR) is 71.3 cm³/mol. The van der Waals surface area contributed by atoms with Crippen LogP contribution in [0.1, 0.15) is 51.9 Å². The highest BCUT2D eigenvalue weighted by atomic mass is 16.4. The summed E-state index contributed by atoms with van der Waals surface area (Å²) in [6.45, 7) is 4.57. The third kappa shape index (κ3) is 6.51. The molecule has 4 N–H and O–H groups in total. The Kier molecular flexibility index (Phi) is 7.01. The van der Waals surface area contributed by atoms with Gasteiger partial charge in [-0.15, -0.1) is 0 Å². The van der Waals surface area contributed by atoms with Gasteiger partial charge in [0.2, 0.25) is 0 Å². The van der Waals surface area contributed by atoms with Crippen LogP contribution in [0, 0.1) is 11.8 Å². The minimum Gasteiger partial charge on any atom is -0.409 e. The molecule has 1 saturated carbocycles. The number of hydrogen-bond acceptors (Lipinski definition) is 3. The van der Waals surface area contributed by atoms with Crippen molar-refractivity contribution in [2.45, 2.75) is 51.9 Å². The van der Waals surface area contributed by atoms with Crippen molar-refractivity contribution in [1.82, 2.24) is 5.32 Å². The second-order valence-electron chi connectivity index (χ2n) is 5.38. The van der Waals surface area contributed by atoms with Gasteiger partial charge in [0.15, 0.2) is 0 Å². The van der Waals surface area contributed by atoms with E-state index in [9.17, 15) is 0 Å². The Labute approximate surface area is 105 Å². The van der Waals surface area contributed by atoms with Gasteiger partial charge in [-0.05, 0) is 50.6 Å². The molecule has 0 bridgehead atoms. The van der Waals surface area contributed by atoms with Gasteiger partial charge in [-0.1, -0.05) is 24.9 Å². The van der Waals surface area contributed by atoms with Crippen molar-refractivity contribution in [1.29, 1.82) is 0 Å². The van der Waals surface area contributed by atoms with Gasteiger partial charge < -0.3 is 16.3 Å². The number of nitrogens with one attached hydrogen (secondary N) is 1. The Morgan fingerprint density at radius 2 is 2.00 bits per heavy atom. The van der Waals surface area contributed by atoms with Crippen LogP contribution in [0.3, 0.4) is 0 Å². The molecule has 1 fully saturated rings. The summed E-state index contributed by atoms with van der Waals surface area (Å²) in [6.07, 6.45) is 8.35. The van der Waals surface area contributed by atoms with Gasteiger partial charge in [-0.25, -0.2) is 0 Å². The molecule has 0 amide bonds. The average Bonchev–Trinajstić information content (AvgIpc) is 2.35. The fourth-order valence-electron chi connectivity index (χ4n) is 2.45. The number of amidine groups is 1. The highest BCUT2D eigenvalue weighted by molar-refractivity contribution is 5.79. The molecule has 4 nitrogen and oxygen atoms in total. The van der Waals surface area contributed by atoms with Crippen LogP contribution in [-0.4, -0.2) is 24.1 Å². The highest BCUT2D eigenvalue weighted by Crippen LogP contribution is 2.27. The molecule has 1 aliphatic rings. The number of nitrogens with two attached hydrogens (primary N) is 1. The molecule has 0 atom stereocenters. The van der Waals surface area contributed by atoms with Crippen molar-refractivity contribution in [2.75, 3.05) is 13.1 Å².